The molecule has 1 amide bonds. The lowest BCUT2D eigenvalue weighted by atomic mass is 10.1. The number of rotatable bonds is 9. The number of Topliss-reactive ketones (excluding diaryl/α,β-unsaturated/α-hetero) is 1. The van der Waals surface area contributed by atoms with Crippen LogP contribution in [0.15, 0.2) is 24.3 Å². The number of carbonyl (C=O) groups is 2. The maximum Gasteiger partial charge on any atom is 0.240 e. The number of hydrogen-bond acceptors (Lipinski definition) is 4. The van der Waals surface area contributed by atoms with Crippen molar-refractivity contribution in [2.24, 2.45) is 0 Å². The standard InChI is InChI=1S/C16H24N2O4S/c1-4-5-6-11-17-16(20)12-18(23(3,21)22)15-9-7-14(8-10-15)13(2)19/h7-10H,4-6,11-12H2,1-3H3,(H,17,20). The second-order valence-corrected chi connectivity index (χ2v) is 7.34. The van der Waals surface area contributed by atoms with Gasteiger partial charge in [-0.05, 0) is 37.6 Å². The van der Waals surface area contributed by atoms with E-state index in [0.29, 0.717) is 17.8 Å². The summed E-state index contributed by atoms with van der Waals surface area (Å²) in [5.74, 6) is -0.446. The molecule has 0 aromatic heterocycles. The lowest BCUT2D eigenvalue weighted by molar-refractivity contribution is -0.119. The first-order valence-electron chi connectivity index (χ1n) is 7.61. The Labute approximate surface area is 137 Å². The molecular weight excluding hydrogens is 316 g/mol. The van der Waals surface area contributed by atoms with Gasteiger partial charge in [0.2, 0.25) is 15.9 Å². The molecule has 1 aromatic rings. The molecule has 1 N–H and O–H groups in total. The predicted molar refractivity (Wildman–Crippen MR) is 91.2 cm³/mol. The van der Waals surface area contributed by atoms with Gasteiger partial charge in [0.25, 0.3) is 0 Å². The molecule has 0 fully saturated rings. The Morgan fingerprint density at radius 2 is 1.74 bits per heavy atom. The Bertz CT molecular complexity index is 639. The minimum absolute atomic E-state index is 0.101. The van der Waals surface area contributed by atoms with E-state index in [0.717, 1.165) is 29.8 Å². The number of anilines is 1. The Morgan fingerprint density at radius 1 is 1.13 bits per heavy atom. The zero-order valence-corrected chi connectivity index (χ0v) is 14.6. The smallest absolute Gasteiger partial charge is 0.240 e. The second kappa shape index (κ2) is 8.67. The van der Waals surface area contributed by atoms with Gasteiger partial charge in [-0.1, -0.05) is 19.8 Å². The summed E-state index contributed by atoms with van der Waals surface area (Å²) in [7, 11) is -3.59. The SMILES string of the molecule is CCCCCNC(=O)CN(c1ccc(C(C)=O)cc1)S(C)(=O)=O. The van der Waals surface area contributed by atoms with Crippen LogP contribution in [0.5, 0.6) is 0 Å². The fourth-order valence-electron chi connectivity index (χ4n) is 2.05. The first kappa shape index (κ1) is 19.2. The van der Waals surface area contributed by atoms with Crippen LogP contribution in [-0.2, 0) is 14.8 Å². The van der Waals surface area contributed by atoms with Gasteiger partial charge in [-0.25, -0.2) is 8.42 Å². The highest BCUT2D eigenvalue weighted by Crippen LogP contribution is 2.18. The van der Waals surface area contributed by atoms with Crippen LogP contribution >= 0.6 is 0 Å². The maximum absolute atomic E-state index is 11.9. The predicted octanol–water partition coefficient (Wildman–Crippen LogP) is 1.96. The van der Waals surface area contributed by atoms with Crippen LogP contribution in [-0.4, -0.2) is 39.5 Å². The van der Waals surface area contributed by atoms with Crippen molar-refractivity contribution >= 4 is 27.4 Å². The van der Waals surface area contributed by atoms with Crippen molar-refractivity contribution in [3.8, 4) is 0 Å². The van der Waals surface area contributed by atoms with E-state index in [-0.39, 0.29) is 18.2 Å². The summed E-state index contributed by atoms with van der Waals surface area (Å²) in [6, 6.07) is 6.16. The molecule has 0 spiro atoms. The van der Waals surface area contributed by atoms with E-state index in [2.05, 4.69) is 12.2 Å². The maximum atomic E-state index is 11.9. The van der Waals surface area contributed by atoms with E-state index in [1.165, 1.54) is 19.1 Å². The summed E-state index contributed by atoms with van der Waals surface area (Å²) in [5.41, 5.74) is 0.854. The summed E-state index contributed by atoms with van der Waals surface area (Å²) < 4.78 is 24.9. The molecule has 0 aliphatic rings. The number of amides is 1. The van der Waals surface area contributed by atoms with Gasteiger partial charge in [-0.2, -0.15) is 0 Å². The Balaban J connectivity index is 2.81. The van der Waals surface area contributed by atoms with Crippen LogP contribution in [0.3, 0.4) is 0 Å². The molecule has 1 aromatic carbocycles. The summed E-state index contributed by atoms with van der Waals surface area (Å²) in [5, 5.41) is 2.72. The zero-order chi connectivity index (χ0) is 17.5. The molecule has 0 bridgehead atoms. The molecule has 0 heterocycles. The van der Waals surface area contributed by atoms with Crippen LogP contribution < -0.4 is 9.62 Å². The average Bonchev–Trinajstić information content (AvgIpc) is 2.48. The van der Waals surface area contributed by atoms with E-state index >= 15 is 0 Å². The number of sulfonamides is 1. The van der Waals surface area contributed by atoms with Crippen molar-refractivity contribution in [1.82, 2.24) is 5.32 Å². The zero-order valence-electron chi connectivity index (χ0n) is 13.8. The van der Waals surface area contributed by atoms with Gasteiger partial charge in [-0.15, -0.1) is 0 Å². The molecule has 23 heavy (non-hydrogen) atoms. The first-order chi connectivity index (χ1) is 10.8. The number of nitrogens with one attached hydrogen (secondary N) is 1. The summed E-state index contributed by atoms with van der Waals surface area (Å²) in [6.45, 7) is 3.77. The van der Waals surface area contributed by atoms with Crippen molar-refractivity contribution in [2.75, 3.05) is 23.7 Å². The molecule has 0 saturated heterocycles. The number of nitrogens with zero attached hydrogens (tertiary/aromatic N) is 1. The Morgan fingerprint density at radius 3 is 2.22 bits per heavy atom. The van der Waals surface area contributed by atoms with Crippen molar-refractivity contribution in [3.05, 3.63) is 29.8 Å². The fraction of sp³-hybridized carbons (Fsp3) is 0.500. The third-order valence-electron chi connectivity index (χ3n) is 3.35. The molecule has 128 valence electrons. The summed E-state index contributed by atoms with van der Waals surface area (Å²) in [6.07, 6.45) is 3.99. The molecule has 0 unspecified atom stereocenters. The summed E-state index contributed by atoms with van der Waals surface area (Å²) >= 11 is 0. The average molecular weight is 340 g/mol. The van der Waals surface area contributed by atoms with Gasteiger partial charge >= 0.3 is 0 Å². The number of hydrogen-bond donors (Lipinski definition) is 1. The highest BCUT2D eigenvalue weighted by molar-refractivity contribution is 7.92. The summed E-state index contributed by atoms with van der Waals surface area (Å²) in [4.78, 5) is 23.2. The molecule has 0 aliphatic heterocycles. The van der Waals surface area contributed by atoms with E-state index in [1.807, 2.05) is 0 Å². The van der Waals surface area contributed by atoms with Crippen LogP contribution in [0.1, 0.15) is 43.5 Å². The number of benzene rings is 1. The topological polar surface area (TPSA) is 83.6 Å². The van der Waals surface area contributed by atoms with Gasteiger partial charge in [0, 0.05) is 12.1 Å². The van der Waals surface area contributed by atoms with Crippen LogP contribution in [0.25, 0.3) is 0 Å². The molecule has 7 heteroatoms. The Kier molecular flexibility index (Phi) is 7.22. The van der Waals surface area contributed by atoms with Gasteiger partial charge in [-0.3, -0.25) is 13.9 Å². The molecule has 6 nitrogen and oxygen atoms in total. The number of ketones is 1. The largest absolute Gasteiger partial charge is 0.355 e. The minimum atomic E-state index is -3.59. The molecule has 0 saturated carbocycles. The normalized spacial score (nSPS) is 11.1. The molecule has 1 rings (SSSR count). The molecule has 0 aliphatic carbocycles. The molecule has 0 radical (unpaired) electrons. The van der Waals surface area contributed by atoms with Gasteiger partial charge in [0.05, 0.1) is 11.9 Å². The van der Waals surface area contributed by atoms with Crippen LogP contribution in [0, 0.1) is 0 Å². The molecule has 0 atom stereocenters. The first-order valence-corrected chi connectivity index (χ1v) is 9.46. The lowest BCUT2D eigenvalue weighted by Crippen LogP contribution is -2.40. The van der Waals surface area contributed by atoms with Crippen molar-refractivity contribution in [2.45, 2.75) is 33.1 Å². The Hall–Kier alpha value is -1.89. The third kappa shape index (κ3) is 6.40. The minimum Gasteiger partial charge on any atom is -0.355 e. The van der Waals surface area contributed by atoms with E-state index in [1.54, 1.807) is 12.1 Å². The van der Waals surface area contributed by atoms with Crippen molar-refractivity contribution < 1.29 is 18.0 Å². The van der Waals surface area contributed by atoms with Gasteiger partial charge < -0.3 is 5.32 Å². The third-order valence-corrected chi connectivity index (χ3v) is 4.49. The second-order valence-electron chi connectivity index (χ2n) is 5.43. The van der Waals surface area contributed by atoms with Crippen molar-refractivity contribution in [3.63, 3.8) is 0 Å². The number of carbonyl (C=O) groups excluding carboxylic acids is 2. The van der Waals surface area contributed by atoms with E-state index in [4.69, 9.17) is 0 Å². The fourth-order valence-corrected chi connectivity index (χ4v) is 2.91. The van der Waals surface area contributed by atoms with Gasteiger partial charge in [0.1, 0.15) is 6.54 Å². The van der Waals surface area contributed by atoms with E-state index in [9.17, 15) is 18.0 Å². The quantitative estimate of drug-likeness (QED) is 0.550. The highest BCUT2D eigenvalue weighted by atomic mass is 32.2. The lowest BCUT2D eigenvalue weighted by Gasteiger charge is -2.22. The van der Waals surface area contributed by atoms with Crippen LogP contribution in [0.2, 0.25) is 0 Å². The molecular formula is C16H24N2O4S. The van der Waals surface area contributed by atoms with Crippen molar-refractivity contribution in [1.29, 1.82) is 0 Å². The van der Waals surface area contributed by atoms with Gasteiger partial charge in [0.15, 0.2) is 5.78 Å². The van der Waals surface area contributed by atoms with E-state index < -0.39 is 10.0 Å². The highest BCUT2D eigenvalue weighted by Gasteiger charge is 2.20. The van der Waals surface area contributed by atoms with Crippen LogP contribution in [0.4, 0.5) is 5.69 Å². The monoisotopic (exact) mass is 340 g/mol. The number of unbranched alkanes of at least 4 members (excludes halogenated alkanes) is 2.